The van der Waals surface area contributed by atoms with Crippen LogP contribution >= 0.6 is 0 Å². The number of rotatable bonds is 5. The molecular formula is C19H19N5O5. The van der Waals surface area contributed by atoms with Crippen LogP contribution in [0, 0.1) is 0 Å². The Kier molecular flexibility index (Phi) is 6.15. The van der Waals surface area contributed by atoms with Gasteiger partial charge in [-0.1, -0.05) is 0 Å². The molecule has 0 bridgehead atoms. The number of methoxy groups -OCH3 is 1. The average Bonchev–Trinajstić information content (AvgIpc) is 3.19. The maximum atomic E-state index is 11.5. The third kappa shape index (κ3) is 4.55. The van der Waals surface area contributed by atoms with Gasteiger partial charge in [0.05, 0.1) is 25.2 Å². The van der Waals surface area contributed by atoms with Crippen molar-refractivity contribution in [2.75, 3.05) is 14.2 Å². The van der Waals surface area contributed by atoms with Crippen LogP contribution in [0.2, 0.25) is 0 Å². The van der Waals surface area contributed by atoms with Gasteiger partial charge < -0.3 is 19.0 Å². The minimum Gasteiger partial charge on any atom is -0.495 e. The summed E-state index contributed by atoms with van der Waals surface area (Å²) in [4.78, 5) is 24.3. The van der Waals surface area contributed by atoms with Crippen LogP contribution in [0.1, 0.15) is 5.69 Å². The first kappa shape index (κ1) is 20.0. The SMILES string of the molecule is CO.COc1ccc(COc2cnc3oc(-c4ccc(=O)n(C)n4)nc3c2)nc1. The van der Waals surface area contributed by atoms with E-state index in [1.54, 1.807) is 38.7 Å². The summed E-state index contributed by atoms with van der Waals surface area (Å²) in [5.74, 6) is 1.50. The fourth-order valence-electron chi connectivity index (χ4n) is 2.38. The van der Waals surface area contributed by atoms with Crippen LogP contribution in [0.25, 0.3) is 22.8 Å². The Morgan fingerprint density at radius 1 is 1.10 bits per heavy atom. The van der Waals surface area contributed by atoms with E-state index in [1.807, 2.05) is 12.1 Å². The number of ether oxygens (including phenoxy) is 2. The standard InChI is InChI=1S/C18H15N5O4.CH4O/c1-23-16(24)6-5-14(22-23)18-21-15-7-13(9-20-17(15)27-18)26-10-11-3-4-12(25-2)8-19-11;1-2/h3-9H,10H2,1-2H3;2H,1H3. The number of aliphatic hydroxyl groups excluding tert-OH is 1. The highest BCUT2D eigenvalue weighted by Crippen LogP contribution is 2.24. The summed E-state index contributed by atoms with van der Waals surface area (Å²) in [6, 6.07) is 8.32. The molecule has 10 nitrogen and oxygen atoms in total. The van der Waals surface area contributed by atoms with Gasteiger partial charge in [-0.25, -0.2) is 14.6 Å². The summed E-state index contributed by atoms with van der Waals surface area (Å²) >= 11 is 0. The zero-order valence-electron chi connectivity index (χ0n) is 16.1. The molecule has 0 aliphatic heterocycles. The minimum atomic E-state index is -0.212. The van der Waals surface area contributed by atoms with Gasteiger partial charge in [0.1, 0.15) is 29.3 Å². The van der Waals surface area contributed by atoms with Crippen LogP contribution in [0.4, 0.5) is 0 Å². The van der Waals surface area contributed by atoms with Crippen LogP contribution in [-0.2, 0) is 13.7 Å². The molecular weight excluding hydrogens is 378 g/mol. The maximum Gasteiger partial charge on any atom is 0.266 e. The summed E-state index contributed by atoms with van der Waals surface area (Å²) < 4.78 is 17.6. The molecule has 0 spiro atoms. The first-order valence-electron chi connectivity index (χ1n) is 8.50. The summed E-state index contributed by atoms with van der Waals surface area (Å²) in [6.45, 7) is 0.282. The van der Waals surface area contributed by atoms with Crippen LogP contribution < -0.4 is 15.0 Å². The lowest BCUT2D eigenvalue weighted by Crippen LogP contribution is -2.18. The van der Waals surface area contributed by atoms with Gasteiger partial charge in [-0.3, -0.25) is 9.78 Å². The molecule has 10 heteroatoms. The lowest BCUT2D eigenvalue weighted by Gasteiger charge is -2.05. The molecule has 0 atom stereocenters. The largest absolute Gasteiger partial charge is 0.495 e. The highest BCUT2D eigenvalue weighted by atomic mass is 16.5. The van der Waals surface area contributed by atoms with Crippen LogP contribution in [0.3, 0.4) is 0 Å². The van der Waals surface area contributed by atoms with E-state index in [2.05, 4.69) is 20.1 Å². The fraction of sp³-hybridized carbons (Fsp3) is 0.211. The van der Waals surface area contributed by atoms with E-state index < -0.39 is 0 Å². The number of aliphatic hydroxyl groups is 1. The zero-order valence-corrected chi connectivity index (χ0v) is 16.1. The van der Waals surface area contributed by atoms with Gasteiger partial charge >= 0.3 is 0 Å². The van der Waals surface area contributed by atoms with Gasteiger partial charge in [0.25, 0.3) is 5.56 Å². The van der Waals surface area contributed by atoms with Gasteiger partial charge in [-0.2, -0.15) is 5.10 Å². The average molecular weight is 397 g/mol. The molecule has 0 saturated carbocycles. The van der Waals surface area contributed by atoms with Crippen molar-refractivity contribution in [3.63, 3.8) is 0 Å². The van der Waals surface area contributed by atoms with Gasteiger partial charge in [-0.15, -0.1) is 0 Å². The molecule has 0 unspecified atom stereocenters. The van der Waals surface area contributed by atoms with Gasteiger partial charge in [-0.05, 0) is 18.2 Å². The third-order valence-electron chi connectivity index (χ3n) is 3.82. The molecule has 0 fully saturated rings. The smallest absolute Gasteiger partial charge is 0.266 e. The second-order valence-corrected chi connectivity index (χ2v) is 5.67. The molecule has 0 saturated heterocycles. The van der Waals surface area contributed by atoms with E-state index in [1.165, 1.54) is 10.7 Å². The number of oxazole rings is 1. The topological polar surface area (TPSA) is 125 Å². The molecule has 4 rings (SSSR count). The fourth-order valence-corrected chi connectivity index (χ4v) is 2.38. The Balaban J connectivity index is 0.00000117. The third-order valence-corrected chi connectivity index (χ3v) is 3.82. The quantitative estimate of drug-likeness (QED) is 0.534. The van der Waals surface area contributed by atoms with E-state index in [0.717, 1.165) is 12.8 Å². The number of fused-ring (bicyclic) bond motifs is 1. The number of aromatic nitrogens is 5. The van der Waals surface area contributed by atoms with Gasteiger partial charge in [0, 0.05) is 26.3 Å². The monoisotopic (exact) mass is 397 g/mol. The Hall–Kier alpha value is -3.79. The molecule has 0 aliphatic rings. The Bertz CT molecular complexity index is 1150. The Labute approximate surface area is 165 Å². The Morgan fingerprint density at radius 3 is 2.59 bits per heavy atom. The first-order valence-corrected chi connectivity index (χ1v) is 8.50. The molecule has 0 aliphatic carbocycles. The van der Waals surface area contributed by atoms with Crippen molar-refractivity contribution in [2.24, 2.45) is 7.05 Å². The van der Waals surface area contributed by atoms with Crippen LogP contribution in [-0.4, -0.2) is 44.1 Å². The molecule has 0 amide bonds. The molecule has 4 aromatic rings. The highest BCUT2D eigenvalue weighted by Gasteiger charge is 2.12. The molecule has 0 aromatic carbocycles. The van der Waals surface area contributed by atoms with Gasteiger partial charge in [0.15, 0.2) is 0 Å². The number of nitrogens with zero attached hydrogens (tertiary/aromatic N) is 5. The maximum absolute atomic E-state index is 11.5. The van der Waals surface area contributed by atoms with E-state index >= 15 is 0 Å². The minimum absolute atomic E-state index is 0.212. The number of pyridine rings is 2. The molecule has 0 radical (unpaired) electrons. The summed E-state index contributed by atoms with van der Waals surface area (Å²) in [5.41, 5.74) is 1.87. The van der Waals surface area contributed by atoms with Crippen molar-refractivity contribution in [3.8, 4) is 23.1 Å². The molecule has 4 aromatic heterocycles. The van der Waals surface area contributed by atoms with E-state index in [9.17, 15) is 4.79 Å². The molecule has 150 valence electrons. The summed E-state index contributed by atoms with van der Waals surface area (Å²) in [6.07, 6.45) is 3.18. The Morgan fingerprint density at radius 2 is 1.90 bits per heavy atom. The van der Waals surface area contributed by atoms with Gasteiger partial charge in [0.2, 0.25) is 11.6 Å². The molecule has 1 N–H and O–H groups in total. The second-order valence-electron chi connectivity index (χ2n) is 5.67. The zero-order chi connectivity index (χ0) is 20.8. The van der Waals surface area contributed by atoms with Crippen molar-refractivity contribution in [3.05, 3.63) is 58.8 Å². The molecule has 29 heavy (non-hydrogen) atoms. The first-order chi connectivity index (χ1) is 14.1. The van der Waals surface area contributed by atoms with Crippen LogP contribution in [0.15, 0.2) is 51.9 Å². The van der Waals surface area contributed by atoms with E-state index in [-0.39, 0.29) is 18.1 Å². The lowest BCUT2D eigenvalue weighted by atomic mass is 10.3. The predicted octanol–water partition coefficient (Wildman–Crippen LogP) is 1.57. The predicted molar refractivity (Wildman–Crippen MR) is 104 cm³/mol. The molecule has 4 heterocycles. The van der Waals surface area contributed by atoms with Crippen LogP contribution in [0.5, 0.6) is 11.5 Å². The summed E-state index contributed by atoms with van der Waals surface area (Å²) in [7, 11) is 4.15. The van der Waals surface area contributed by atoms with E-state index in [4.69, 9.17) is 19.0 Å². The van der Waals surface area contributed by atoms with Crippen molar-refractivity contribution in [1.29, 1.82) is 0 Å². The highest BCUT2D eigenvalue weighted by molar-refractivity contribution is 5.72. The lowest BCUT2D eigenvalue weighted by molar-refractivity contribution is 0.300. The normalized spacial score (nSPS) is 10.3. The summed E-state index contributed by atoms with van der Waals surface area (Å²) in [5, 5.41) is 11.1. The van der Waals surface area contributed by atoms with Crippen molar-refractivity contribution in [2.45, 2.75) is 6.61 Å². The van der Waals surface area contributed by atoms with Crippen molar-refractivity contribution >= 4 is 11.2 Å². The van der Waals surface area contributed by atoms with E-state index in [0.29, 0.717) is 28.4 Å². The second kappa shape index (κ2) is 8.93. The number of hydrogen-bond donors (Lipinski definition) is 1. The number of aryl methyl sites for hydroxylation is 1. The van der Waals surface area contributed by atoms with Crippen molar-refractivity contribution in [1.82, 2.24) is 24.7 Å². The number of hydrogen-bond acceptors (Lipinski definition) is 9. The van der Waals surface area contributed by atoms with Crippen molar-refractivity contribution < 1.29 is 19.0 Å².